The van der Waals surface area contributed by atoms with E-state index in [0.717, 1.165) is 5.56 Å². The first-order valence-corrected chi connectivity index (χ1v) is 6.10. The summed E-state index contributed by atoms with van der Waals surface area (Å²) in [6.45, 7) is 4.35. The number of benzene rings is 1. The molecule has 2 aromatic rings. The Kier molecular flexibility index (Phi) is 4.28. The Labute approximate surface area is 111 Å². The lowest BCUT2D eigenvalue weighted by atomic mass is 10.2. The van der Waals surface area contributed by atoms with Crippen molar-refractivity contribution < 1.29 is 9.13 Å². The SMILES string of the molecule is CC(C)Nc1nccnc1OCc1ccc(F)cc1. The highest BCUT2D eigenvalue weighted by Gasteiger charge is 2.07. The summed E-state index contributed by atoms with van der Waals surface area (Å²) in [5.41, 5.74) is 0.877. The molecule has 19 heavy (non-hydrogen) atoms. The van der Waals surface area contributed by atoms with Gasteiger partial charge >= 0.3 is 0 Å². The third-order valence-electron chi connectivity index (χ3n) is 2.38. The van der Waals surface area contributed by atoms with Gasteiger partial charge in [-0.3, -0.25) is 0 Å². The van der Waals surface area contributed by atoms with Gasteiger partial charge in [-0.1, -0.05) is 12.1 Å². The molecule has 0 amide bonds. The minimum atomic E-state index is -0.259. The molecule has 0 saturated heterocycles. The van der Waals surface area contributed by atoms with Crippen LogP contribution >= 0.6 is 0 Å². The van der Waals surface area contributed by atoms with Gasteiger partial charge in [-0.05, 0) is 31.5 Å². The molecule has 0 aliphatic rings. The highest BCUT2D eigenvalue weighted by Crippen LogP contribution is 2.19. The van der Waals surface area contributed by atoms with Gasteiger partial charge in [0.1, 0.15) is 12.4 Å². The monoisotopic (exact) mass is 261 g/mol. The van der Waals surface area contributed by atoms with E-state index < -0.39 is 0 Å². The van der Waals surface area contributed by atoms with Gasteiger partial charge in [0.15, 0.2) is 5.82 Å². The molecular formula is C14H16FN3O. The topological polar surface area (TPSA) is 47.0 Å². The number of hydrogen-bond acceptors (Lipinski definition) is 4. The van der Waals surface area contributed by atoms with Crippen LogP contribution in [0, 0.1) is 5.82 Å². The highest BCUT2D eigenvalue weighted by molar-refractivity contribution is 5.45. The van der Waals surface area contributed by atoms with E-state index in [4.69, 9.17) is 4.74 Å². The van der Waals surface area contributed by atoms with Gasteiger partial charge in [0.05, 0.1) is 0 Å². The molecule has 5 heteroatoms. The van der Waals surface area contributed by atoms with Crippen LogP contribution in [0.15, 0.2) is 36.7 Å². The predicted octanol–water partition coefficient (Wildman–Crippen LogP) is 3.02. The fraction of sp³-hybridized carbons (Fsp3) is 0.286. The molecule has 0 bridgehead atoms. The number of nitrogens with zero attached hydrogens (tertiary/aromatic N) is 2. The number of anilines is 1. The number of nitrogens with one attached hydrogen (secondary N) is 1. The van der Waals surface area contributed by atoms with Crippen molar-refractivity contribution >= 4 is 5.82 Å². The van der Waals surface area contributed by atoms with Crippen LogP contribution in [-0.4, -0.2) is 16.0 Å². The van der Waals surface area contributed by atoms with E-state index in [1.54, 1.807) is 24.5 Å². The highest BCUT2D eigenvalue weighted by atomic mass is 19.1. The summed E-state index contributed by atoms with van der Waals surface area (Å²) in [5.74, 6) is 0.797. The lowest BCUT2D eigenvalue weighted by Crippen LogP contribution is -2.13. The molecule has 0 radical (unpaired) electrons. The summed E-state index contributed by atoms with van der Waals surface area (Å²) in [6.07, 6.45) is 3.18. The third-order valence-corrected chi connectivity index (χ3v) is 2.38. The molecule has 0 aliphatic carbocycles. The van der Waals surface area contributed by atoms with Crippen LogP contribution in [-0.2, 0) is 6.61 Å². The summed E-state index contributed by atoms with van der Waals surface area (Å²) in [7, 11) is 0. The number of hydrogen-bond donors (Lipinski definition) is 1. The zero-order chi connectivity index (χ0) is 13.7. The second-order valence-electron chi connectivity index (χ2n) is 4.42. The minimum absolute atomic E-state index is 0.241. The van der Waals surface area contributed by atoms with Crippen molar-refractivity contribution in [3.8, 4) is 5.88 Å². The molecule has 1 N–H and O–H groups in total. The first-order chi connectivity index (χ1) is 9.15. The minimum Gasteiger partial charge on any atom is -0.470 e. The Balaban J connectivity index is 2.04. The van der Waals surface area contributed by atoms with Crippen molar-refractivity contribution in [2.45, 2.75) is 26.5 Å². The molecular weight excluding hydrogens is 245 g/mol. The van der Waals surface area contributed by atoms with Crippen molar-refractivity contribution in [3.63, 3.8) is 0 Å². The average Bonchev–Trinajstić information content (AvgIpc) is 2.39. The van der Waals surface area contributed by atoms with Crippen molar-refractivity contribution in [3.05, 3.63) is 48.0 Å². The maximum Gasteiger partial charge on any atom is 0.257 e. The maximum absolute atomic E-state index is 12.8. The first kappa shape index (κ1) is 13.3. The molecule has 0 unspecified atom stereocenters. The van der Waals surface area contributed by atoms with Crippen molar-refractivity contribution in [2.75, 3.05) is 5.32 Å². The molecule has 0 saturated carbocycles. The lowest BCUT2D eigenvalue weighted by molar-refractivity contribution is 0.294. The Morgan fingerprint density at radius 2 is 1.84 bits per heavy atom. The van der Waals surface area contributed by atoms with Gasteiger partial charge in [-0.2, -0.15) is 0 Å². The van der Waals surface area contributed by atoms with Crippen molar-refractivity contribution in [1.82, 2.24) is 9.97 Å². The van der Waals surface area contributed by atoms with Crippen molar-refractivity contribution in [1.29, 1.82) is 0 Å². The number of ether oxygens (including phenoxy) is 1. The standard InChI is InChI=1S/C14H16FN3O/c1-10(2)18-13-14(17-8-7-16-13)19-9-11-3-5-12(15)6-4-11/h3-8,10H,9H2,1-2H3,(H,16,18). The molecule has 0 fully saturated rings. The van der Waals surface area contributed by atoms with Crippen LogP contribution in [0.4, 0.5) is 10.2 Å². The Bertz CT molecular complexity index is 528. The number of rotatable bonds is 5. The third kappa shape index (κ3) is 3.91. The average molecular weight is 261 g/mol. The van der Waals surface area contributed by atoms with Crippen LogP contribution in [0.3, 0.4) is 0 Å². The fourth-order valence-corrected chi connectivity index (χ4v) is 1.54. The zero-order valence-electron chi connectivity index (χ0n) is 10.9. The van der Waals surface area contributed by atoms with Gasteiger partial charge in [-0.15, -0.1) is 0 Å². The molecule has 0 spiro atoms. The van der Waals surface area contributed by atoms with E-state index in [9.17, 15) is 4.39 Å². The molecule has 100 valence electrons. The van der Waals surface area contributed by atoms with Crippen LogP contribution in [0.1, 0.15) is 19.4 Å². The molecule has 4 nitrogen and oxygen atoms in total. The van der Waals surface area contributed by atoms with E-state index in [1.165, 1.54) is 12.1 Å². The van der Waals surface area contributed by atoms with Crippen LogP contribution in [0.25, 0.3) is 0 Å². The van der Waals surface area contributed by atoms with E-state index in [1.807, 2.05) is 13.8 Å². The Hall–Kier alpha value is -2.17. The number of halogens is 1. The number of aromatic nitrogens is 2. The summed E-state index contributed by atoms with van der Waals surface area (Å²) < 4.78 is 18.4. The molecule has 1 aromatic heterocycles. The summed E-state index contributed by atoms with van der Waals surface area (Å²) in [4.78, 5) is 8.33. The van der Waals surface area contributed by atoms with Crippen LogP contribution in [0.5, 0.6) is 5.88 Å². The smallest absolute Gasteiger partial charge is 0.257 e. The predicted molar refractivity (Wildman–Crippen MR) is 71.5 cm³/mol. The second-order valence-corrected chi connectivity index (χ2v) is 4.42. The van der Waals surface area contributed by atoms with Gasteiger partial charge in [0, 0.05) is 18.4 Å². The van der Waals surface area contributed by atoms with Gasteiger partial charge in [-0.25, -0.2) is 14.4 Å². The fourth-order valence-electron chi connectivity index (χ4n) is 1.54. The van der Waals surface area contributed by atoms with E-state index >= 15 is 0 Å². The van der Waals surface area contributed by atoms with E-state index in [-0.39, 0.29) is 11.9 Å². The maximum atomic E-state index is 12.8. The second kappa shape index (κ2) is 6.13. The van der Waals surface area contributed by atoms with Crippen LogP contribution in [0.2, 0.25) is 0 Å². The van der Waals surface area contributed by atoms with Crippen LogP contribution < -0.4 is 10.1 Å². The summed E-state index contributed by atoms with van der Waals surface area (Å²) in [6, 6.07) is 6.42. The molecule has 1 aromatic carbocycles. The van der Waals surface area contributed by atoms with E-state index in [0.29, 0.717) is 18.3 Å². The zero-order valence-corrected chi connectivity index (χ0v) is 10.9. The first-order valence-electron chi connectivity index (χ1n) is 6.10. The normalized spacial score (nSPS) is 10.5. The Morgan fingerprint density at radius 3 is 2.53 bits per heavy atom. The van der Waals surface area contributed by atoms with Crippen molar-refractivity contribution in [2.24, 2.45) is 0 Å². The van der Waals surface area contributed by atoms with Gasteiger partial charge < -0.3 is 10.1 Å². The molecule has 2 rings (SSSR count). The molecule has 0 aliphatic heterocycles. The van der Waals surface area contributed by atoms with Gasteiger partial charge in [0.2, 0.25) is 0 Å². The molecule has 0 atom stereocenters. The van der Waals surface area contributed by atoms with E-state index in [2.05, 4.69) is 15.3 Å². The van der Waals surface area contributed by atoms with Gasteiger partial charge in [0.25, 0.3) is 5.88 Å². The molecule has 1 heterocycles. The largest absolute Gasteiger partial charge is 0.470 e. The summed E-state index contributed by atoms with van der Waals surface area (Å²) >= 11 is 0. The lowest BCUT2D eigenvalue weighted by Gasteiger charge is -2.13. The quantitative estimate of drug-likeness (QED) is 0.898. The summed E-state index contributed by atoms with van der Waals surface area (Å²) in [5, 5.41) is 3.16. The Morgan fingerprint density at radius 1 is 1.16 bits per heavy atom.